The Labute approximate surface area is 568 Å². The molecule has 0 rings (SSSR count). The van der Waals surface area contributed by atoms with Crippen molar-refractivity contribution in [3.05, 3.63) is 219 Å². The van der Waals surface area contributed by atoms with E-state index < -0.39 is 24.3 Å². The van der Waals surface area contributed by atoms with Crippen LogP contribution in [-0.2, 0) is 33.3 Å². The lowest BCUT2D eigenvalue weighted by Gasteiger charge is -2.25. The predicted octanol–water partition coefficient (Wildman–Crippen LogP) is 22.9. The molecule has 9 nitrogen and oxygen atoms in total. The number of allylic oxidation sites excluding steroid dienone is 36. The van der Waals surface area contributed by atoms with Crippen LogP contribution in [0, 0.1) is 0 Å². The molecule has 9 heteroatoms. The summed E-state index contributed by atoms with van der Waals surface area (Å²) in [5.41, 5.74) is 0. The highest BCUT2D eigenvalue weighted by molar-refractivity contribution is 5.71. The number of carbonyl (C=O) groups is 3. The molecule has 0 saturated carbocycles. The van der Waals surface area contributed by atoms with E-state index in [9.17, 15) is 19.5 Å². The SMILES string of the molecule is CC/C=C\C/C=C\C/C=C\C/C=C\C/C=C\C/C=C\C/C=C\C/C=C\C/C=C\C/C=C\CCCCCCCCC(=O)OC(COC(=O)CCCCCCCC/C=C\C/C=C\C/C=C\C/C=C\C/C=C\C/C=C\C/C=C\C/C=C\CC)COC(OCC[N+](C)(C)C)C(=O)O. The number of ether oxygens (including phenoxy) is 4. The van der Waals surface area contributed by atoms with E-state index in [1.165, 1.54) is 0 Å². The van der Waals surface area contributed by atoms with Gasteiger partial charge in [0.15, 0.2) is 6.10 Å². The maximum atomic E-state index is 13.0. The number of nitrogens with zero attached hydrogens (tertiary/aromatic N) is 1. The minimum Gasteiger partial charge on any atom is -0.477 e. The Hall–Kier alpha value is -6.39. The number of unbranched alkanes of at least 4 members (excludes halogenated alkanes) is 12. The molecule has 518 valence electrons. The molecule has 0 saturated heterocycles. The summed E-state index contributed by atoms with van der Waals surface area (Å²) in [5, 5.41) is 9.75. The quantitative estimate of drug-likeness (QED) is 0.0211. The average molecular weight is 1280 g/mol. The van der Waals surface area contributed by atoms with E-state index in [0.717, 1.165) is 193 Å². The average Bonchev–Trinajstić information content (AvgIpc) is 3.73. The number of esters is 2. The van der Waals surface area contributed by atoms with Gasteiger partial charge in [0.25, 0.3) is 6.29 Å². The van der Waals surface area contributed by atoms with Gasteiger partial charge in [0.2, 0.25) is 0 Å². The van der Waals surface area contributed by atoms with Gasteiger partial charge in [-0.15, -0.1) is 0 Å². The molecule has 1 N–H and O–H groups in total. The monoisotopic (exact) mass is 1280 g/mol. The number of hydrogen-bond acceptors (Lipinski definition) is 7. The van der Waals surface area contributed by atoms with Gasteiger partial charge in [0, 0.05) is 12.8 Å². The summed E-state index contributed by atoms with van der Waals surface area (Å²) in [6.45, 7) is 4.58. The first-order valence-electron chi connectivity index (χ1n) is 35.9. The number of rotatable bonds is 63. The zero-order chi connectivity index (χ0) is 67.5. The first kappa shape index (κ1) is 86.6. The van der Waals surface area contributed by atoms with Crippen LogP contribution in [0.5, 0.6) is 0 Å². The number of carbonyl (C=O) groups excluding carboxylic acids is 2. The summed E-state index contributed by atoms with van der Waals surface area (Å²) in [7, 11) is 5.95. The second kappa shape index (κ2) is 71.5. The molecule has 0 aliphatic heterocycles. The molecule has 0 aromatic carbocycles. The highest BCUT2D eigenvalue weighted by Gasteiger charge is 2.25. The smallest absolute Gasteiger partial charge is 0.361 e. The summed E-state index contributed by atoms with van der Waals surface area (Å²) < 4.78 is 22.9. The van der Waals surface area contributed by atoms with Crippen LogP contribution in [0.2, 0.25) is 0 Å². The van der Waals surface area contributed by atoms with Crippen LogP contribution in [-0.4, -0.2) is 87.4 Å². The Bertz CT molecular complexity index is 2330. The Kier molecular flexibility index (Phi) is 66.5. The van der Waals surface area contributed by atoms with Crippen LogP contribution < -0.4 is 0 Å². The van der Waals surface area contributed by atoms with Crippen LogP contribution in [0.3, 0.4) is 0 Å². The number of carboxylic acids is 1. The summed E-state index contributed by atoms with van der Waals surface area (Å²) in [5.74, 6) is -2.07. The second-order valence-electron chi connectivity index (χ2n) is 24.1. The minimum absolute atomic E-state index is 0.169. The molecule has 0 aliphatic rings. The first-order chi connectivity index (χ1) is 45.6. The molecule has 0 heterocycles. The van der Waals surface area contributed by atoms with Crippen molar-refractivity contribution >= 4 is 17.9 Å². The zero-order valence-corrected chi connectivity index (χ0v) is 59.1. The topological polar surface area (TPSA) is 108 Å². The molecule has 0 radical (unpaired) electrons. The second-order valence-corrected chi connectivity index (χ2v) is 24.1. The van der Waals surface area contributed by atoms with E-state index in [1.54, 1.807) is 0 Å². The van der Waals surface area contributed by atoms with Gasteiger partial charge in [-0.25, -0.2) is 4.79 Å². The summed E-state index contributed by atoms with van der Waals surface area (Å²) in [4.78, 5) is 37.7. The molecule has 0 amide bonds. The fourth-order valence-corrected chi connectivity index (χ4v) is 8.82. The zero-order valence-electron chi connectivity index (χ0n) is 59.1. The van der Waals surface area contributed by atoms with Crippen molar-refractivity contribution < 1.29 is 42.9 Å². The molecule has 0 aromatic rings. The highest BCUT2D eigenvalue weighted by atomic mass is 16.7. The van der Waals surface area contributed by atoms with E-state index in [1.807, 2.05) is 21.1 Å². The largest absolute Gasteiger partial charge is 0.477 e. The van der Waals surface area contributed by atoms with E-state index in [0.29, 0.717) is 23.9 Å². The molecule has 0 aromatic heterocycles. The number of aliphatic carboxylic acids is 1. The third-order valence-corrected chi connectivity index (χ3v) is 14.2. The van der Waals surface area contributed by atoms with Gasteiger partial charge in [0.1, 0.15) is 13.2 Å². The van der Waals surface area contributed by atoms with Crippen molar-refractivity contribution in [2.24, 2.45) is 0 Å². The van der Waals surface area contributed by atoms with Crippen molar-refractivity contribution in [2.75, 3.05) is 47.5 Å². The third-order valence-electron chi connectivity index (χ3n) is 14.2. The summed E-state index contributed by atoms with van der Waals surface area (Å²) >= 11 is 0. The van der Waals surface area contributed by atoms with Crippen molar-refractivity contribution in [2.45, 2.75) is 245 Å². The van der Waals surface area contributed by atoms with Crippen LogP contribution in [0.25, 0.3) is 0 Å². The predicted molar refractivity (Wildman–Crippen MR) is 400 cm³/mol. The van der Waals surface area contributed by atoms with Crippen LogP contribution >= 0.6 is 0 Å². The Morgan fingerprint density at radius 3 is 0.860 bits per heavy atom. The van der Waals surface area contributed by atoms with E-state index in [4.69, 9.17) is 18.9 Å². The number of carboxylic acid groups (broad SMARTS) is 1. The number of quaternary nitrogens is 1. The molecule has 93 heavy (non-hydrogen) atoms. The number of likely N-dealkylation sites (N-methyl/N-ethyl adjacent to an activating group) is 1. The van der Waals surface area contributed by atoms with E-state index in [2.05, 4.69) is 233 Å². The fourth-order valence-electron chi connectivity index (χ4n) is 8.82. The minimum atomic E-state index is -1.54. The van der Waals surface area contributed by atoms with Gasteiger partial charge in [-0.3, -0.25) is 9.59 Å². The molecule has 0 bridgehead atoms. The fraction of sp³-hybridized carbons (Fsp3) is 0.536. The lowest BCUT2D eigenvalue weighted by Crippen LogP contribution is -2.40. The summed E-state index contributed by atoms with van der Waals surface area (Å²) in [6.07, 6.45) is 110. The Morgan fingerprint density at radius 1 is 0.323 bits per heavy atom. The van der Waals surface area contributed by atoms with Gasteiger partial charge in [0.05, 0.1) is 34.4 Å². The van der Waals surface area contributed by atoms with Gasteiger partial charge in [-0.05, 0) is 154 Å². The molecule has 0 fully saturated rings. The Balaban J connectivity index is 4.28. The lowest BCUT2D eigenvalue weighted by molar-refractivity contribution is -0.870. The standard InChI is InChI=1S/C84H129NO8/c1-6-8-10-12-14-16-18-20-22-24-26-28-30-32-34-36-38-39-40-41-42-43-45-47-49-51-53-55-57-59-61-63-65-67-69-71-73-75-82(87)93-80(79-92-84(83(88)89)90-77-76-85(3,4)5)78-91-81(86)74-72-70-68-66-64-62-60-58-56-54-52-50-48-46-44-37-35-33-31-29-27-25-23-21-19-17-15-13-11-9-7-2/h8-11,14-17,20-23,26-29,32-35,38-39,41-42,44-47,50-53,56-59,80,84H,6-7,12-13,18-19,24-25,30-31,36-37,40,43,48-49,54-55,60-79H2,1-5H3/p+1/b10-8-,11-9-,16-14-,17-15-,22-20-,23-21-,28-26-,29-27-,34-32-,35-33-,39-38-,42-41-,46-44-,47-45-,52-50-,53-51-,58-56-,59-57-. The number of hydrogen-bond donors (Lipinski definition) is 1. The van der Waals surface area contributed by atoms with E-state index in [-0.39, 0.29) is 38.6 Å². The highest BCUT2D eigenvalue weighted by Crippen LogP contribution is 2.14. The summed E-state index contributed by atoms with van der Waals surface area (Å²) in [6, 6.07) is 0. The molecule has 2 atom stereocenters. The van der Waals surface area contributed by atoms with Crippen molar-refractivity contribution in [3.63, 3.8) is 0 Å². The molecule has 2 unspecified atom stereocenters. The van der Waals surface area contributed by atoms with Gasteiger partial charge in [-0.2, -0.15) is 0 Å². The first-order valence-corrected chi connectivity index (χ1v) is 35.9. The normalized spacial score (nSPS) is 14.0. The van der Waals surface area contributed by atoms with Crippen molar-refractivity contribution in [3.8, 4) is 0 Å². The third kappa shape index (κ3) is 72.9. The van der Waals surface area contributed by atoms with Gasteiger partial charge < -0.3 is 28.5 Å². The van der Waals surface area contributed by atoms with Crippen LogP contribution in [0.1, 0.15) is 232 Å². The van der Waals surface area contributed by atoms with E-state index >= 15 is 0 Å². The Morgan fingerprint density at radius 2 is 0.581 bits per heavy atom. The molecule has 0 aliphatic carbocycles. The van der Waals surface area contributed by atoms with Crippen molar-refractivity contribution in [1.82, 2.24) is 0 Å². The maximum Gasteiger partial charge on any atom is 0.361 e. The maximum absolute atomic E-state index is 13.0. The molecular formula is C84H130NO8+. The van der Waals surface area contributed by atoms with Crippen LogP contribution in [0.4, 0.5) is 0 Å². The lowest BCUT2D eigenvalue weighted by atomic mass is 10.1. The van der Waals surface area contributed by atoms with Crippen LogP contribution in [0.15, 0.2) is 219 Å². The molecular weight excluding hydrogens is 1150 g/mol. The van der Waals surface area contributed by atoms with Crippen molar-refractivity contribution in [1.29, 1.82) is 0 Å². The molecule has 0 spiro atoms. The van der Waals surface area contributed by atoms with Gasteiger partial charge >= 0.3 is 17.9 Å². The van der Waals surface area contributed by atoms with Gasteiger partial charge in [-0.1, -0.05) is 284 Å².